The molecule has 4 heteroatoms. The van der Waals surface area contributed by atoms with Gasteiger partial charge in [-0.3, -0.25) is 0 Å². The van der Waals surface area contributed by atoms with Crippen molar-refractivity contribution in [1.82, 2.24) is 0 Å². The number of benzene rings is 3. The summed E-state index contributed by atoms with van der Waals surface area (Å²) in [7, 11) is 3.36. The minimum absolute atomic E-state index is 0. The molecule has 0 saturated carbocycles. The molecule has 0 fully saturated rings. The van der Waals surface area contributed by atoms with Gasteiger partial charge in [0.25, 0.3) is 0 Å². The molecule has 31 heavy (non-hydrogen) atoms. The minimum atomic E-state index is 0. The first-order valence-electron chi connectivity index (χ1n) is 9.12. The van der Waals surface area contributed by atoms with Gasteiger partial charge in [0.1, 0.15) is 0 Å². The van der Waals surface area contributed by atoms with E-state index in [4.69, 9.17) is 0 Å². The molecule has 0 heterocycles. The summed E-state index contributed by atoms with van der Waals surface area (Å²) in [6, 6.07) is 35.6. The Labute approximate surface area is 222 Å². The van der Waals surface area contributed by atoms with Crippen LogP contribution in [0.3, 0.4) is 0 Å². The maximum atomic E-state index is 3.36. The van der Waals surface area contributed by atoms with Gasteiger partial charge in [0.05, 0.1) is 10.2 Å². The standard InChI is InChI=1S/2C10H9.C6H5Si.CH3.2ClH.Zr/c2*1-8-6-9-4-2-3-5-10(9)7-8;7-6-4-2-1-3-5-6;;;;/h2*2-7H,1H3;1-5H;1H3;2*1H;/q2*-1;;-1;;;+3. The molecule has 0 aliphatic rings. The molecular weight excluding hydrogens is 515 g/mol. The molecular formula is C27H28Cl2SiZr. The van der Waals surface area contributed by atoms with E-state index in [0.717, 1.165) is 5.19 Å². The minimum Gasteiger partial charge on any atom is -0.358 e. The van der Waals surface area contributed by atoms with E-state index in [2.05, 4.69) is 96.9 Å². The van der Waals surface area contributed by atoms with Crippen LogP contribution in [0.4, 0.5) is 0 Å². The Kier molecular flexibility index (Phi) is 16.6. The van der Waals surface area contributed by atoms with Gasteiger partial charge >= 0.3 is 26.2 Å². The van der Waals surface area contributed by atoms with E-state index in [1.54, 1.807) is 0 Å². The quantitative estimate of drug-likeness (QED) is 0.140. The molecule has 0 saturated heterocycles. The largest absolute Gasteiger partial charge is 3.00 e. The van der Waals surface area contributed by atoms with E-state index in [1.807, 2.05) is 30.3 Å². The average molecular weight is 543 g/mol. The van der Waals surface area contributed by atoms with Crippen molar-refractivity contribution in [3.63, 3.8) is 0 Å². The average Bonchev–Trinajstić information content (AvgIpc) is 3.23. The fourth-order valence-electron chi connectivity index (χ4n) is 3.05. The molecule has 4 radical (unpaired) electrons. The van der Waals surface area contributed by atoms with E-state index in [1.165, 1.54) is 32.7 Å². The maximum Gasteiger partial charge on any atom is 3.00 e. The molecule has 5 aromatic rings. The summed E-state index contributed by atoms with van der Waals surface area (Å²) >= 11 is 0. The van der Waals surface area contributed by atoms with Crippen LogP contribution < -0.4 is 5.19 Å². The Morgan fingerprint density at radius 3 is 1.26 bits per heavy atom. The van der Waals surface area contributed by atoms with Crippen LogP contribution in [0.2, 0.25) is 0 Å². The summed E-state index contributed by atoms with van der Waals surface area (Å²) in [5.41, 5.74) is 2.70. The predicted octanol–water partition coefficient (Wildman–Crippen LogP) is 7.51. The molecule has 0 aromatic heterocycles. The first-order valence-corrected chi connectivity index (χ1v) is 9.62. The molecule has 158 valence electrons. The zero-order valence-electron chi connectivity index (χ0n) is 18.1. The number of halogens is 2. The van der Waals surface area contributed by atoms with Gasteiger partial charge < -0.3 is 7.43 Å². The van der Waals surface area contributed by atoms with Crippen LogP contribution in [0.5, 0.6) is 0 Å². The number of fused-ring (bicyclic) bond motifs is 2. The smallest absolute Gasteiger partial charge is 0.358 e. The van der Waals surface area contributed by atoms with Gasteiger partial charge in [0, 0.05) is 0 Å². The fourth-order valence-corrected chi connectivity index (χ4v) is 3.24. The van der Waals surface area contributed by atoms with Crippen LogP contribution in [0.1, 0.15) is 11.1 Å². The van der Waals surface area contributed by atoms with E-state index < -0.39 is 0 Å². The van der Waals surface area contributed by atoms with Gasteiger partial charge in [-0.1, -0.05) is 61.5 Å². The molecule has 5 rings (SSSR count). The van der Waals surface area contributed by atoms with Crippen molar-refractivity contribution < 1.29 is 26.2 Å². The molecule has 0 nitrogen and oxygen atoms in total. The second-order valence-electron chi connectivity index (χ2n) is 6.69. The van der Waals surface area contributed by atoms with Crippen molar-refractivity contribution in [3.8, 4) is 0 Å². The van der Waals surface area contributed by atoms with Crippen molar-refractivity contribution in [1.29, 1.82) is 0 Å². The summed E-state index contributed by atoms with van der Waals surface area (Å²) in [6.45, 7) is 4.25. The van der Waals surface area contributed by atoms with Crippen molar-refractivity contribution in [2.24, 2.45) is 0 Å². The molecule has 0 spiro atoms. The summed E-state index contributed by atoms with van der Waals surface area (Å²) in [6.07, 6.45) is 0. The molecule has 0 bridgehead atoms. The Bertz CT molecular complexity index is 976. The Balaban J connectivity index is 0. The third kappa shape index (κ3) is 10.1. The Morgan fingerprint density at radius 2 is 0.935 bits per heavy atom. The number of hydrogen-bond acceptors (Lipinski definition) is 0. The third-order valence-corrected chi connectivity index (χ3v) is 4.63. The predicted molar refractivity (Wildman–Crippen MR) is 141 cm³/mol. The van der Waals surface area contributed by atoms with Gasteiger partial charge in [-0.05, 0) is 0 Å². The van der Waals surface area contributed by atoms with Crippen LogP contribution in [0.25, 0.3) is 21.5 Å². The molecule has 0 N–H and O–H groups in total. The summed E-state index contributed by atoms with van der Waals surface area (Å²) in [4.78, 5) is 0. The van der Waals surface area contributed by atoms with Crippen LogP contribution in [0, 0.1) is 21.3 Å². The Morgan fingerprint density at radius 1 is 0.581 bits per heavy atom. The fraction of sp³-hybridized carbons (Fsp3) is 0.0741. The monoisotopic (exact) mass is 540 g/mol. The molecule has 0 unspecified atom stereocenters. The first kappa shape index (κ1) is 31.7. The van der Waals surface area contributed by atoms with E-state index >= 15 is 0 Å². The molecule has 0 aliphatic carbocycles. The number of aryl methyl sites for hydroxylation is 2. The normalized spacial score (nSPS) is 8.74. The van der Waals surface area contributed by atoms with Crippen molar-refractivity contribution in [2.45, 2.75) is 13.8 Å². The van der Waals surface area contributed by atoms with Crippen molar-refractivity contribution >= 4 is 61.8 Å². The summed E-state index contributed by atoms with van der Waals surface area (Å²) in [5.74, 6) is 0. The molecule has 5 aromatic carbocycles. The third-order valence-electron chi connectivity index (χ3n) is 4.30. The molecule has 0 aliphatic heterocycles. The van der Waals surface area contributed by atoms with Gasteiger partial charge in [-0.2, -0.15) is 12.1 Å². The van der Waals surface area contributed by atoms with Gasteiger partial charge in [-0.15, -0.1) is 106 Å². The maximum absolute atomic E-state index is 3.36. The van der Waals surface area contributed by atoms with Gasteiger partial charge in [0.2, 0.25) is 0 Å². The number of hydrogen-bond donors (Lipinski definition) is 0. The van der Waals surface area contributed by atoms with E-state index in [0.29, 0.717) is 0 Å². The van der Waals surface area contributed by atoms with Crippen LogP contribution >= 0.6 is 24.8 Å². The van der Waals surface area contributed by atoms with Crippen molar-refractivity contribution in [2.75, 3.05) is 0 Å². The summed E-state index contributed by atoms with van der Waals surface area (Å²) in [5, 5.41) is 6.52. The second kappa shape index (κ2) is 16.2. The summed E-state index contributed by atoms with van der Waals surface area (Å²) < 4.78 is 0. The topological polar surface area (TPSA) is 0 Å². The van der Waals surface area contributed by atoms with Crippen LogP contribution in [0.15, 0.2) is 103 Å². The zero-order valence-corrected chi connectivity index (χ0v) is 23.2. The SMILES string of the molecule is Cc1cc2ccccc2[cH-]1.Cc1cc2ccccc2[cH-]1.Cl.Cl.[CH3-].[Si]c1ccccc1.[Zr+3]. The molecule has 0 amide bonds. The van der Waals surface area contributed by atoms with Crippen LogP contribution in [-0.4, -0.2) is 10.2 Å². The number of rotatable bonds is 0. The van der Waals surface area contributed by atoms with Gasteiger partial charge in [-0.25, -0.2) is 0 Å². The zero-order chi connectivity index (χ0) is 19.1. The Hall–Kier alpha value is -1.44. The van der Waals surface area contributed by atoms with E-state index in [-0.39, 0.29) is 58.4 Å². The second-order valence-corrected chi connectivity index (χ2v) is 7.27. The molecule has 0 atom stereocenters. The van der Waals surface area contributed by atoms with E-state index in [9.17, 15) is 0 Å². The van der Waals surface area contributed by atoms with Gasteiger partial charge in [0.15, 0.2) is 0 Å². The van der Waals surface area contributed by atoms with Crippen LogP contribution in [-0.2, 0) is 26.2 Å². The van der Waals surface area contributed by atoms with Crippen molar-refractivity contribution in [3.05, 3.63) is 122 Å². The first-order chi connectivity index (χ1) is 13.1.